The highest BCUT2D eigenvalue weighted by Gasteiger charge is 2.42. The average molecular weight is 542 g/mol. The second-order valence-electron chi connectivity index (χ2n) is 12.4. The highest BCUT2D eigenvalue weighted by molar-refractivity contribution is 5.86. The topological polar surface area (TPSA) is 109 Å². The maximum atomic E-state index is 6.11. The molecular formula is C34H35N7. The van der Waals surface area contributed by atoms with Crippen molar-refractivity contribution in [2.24, 2.45) is 29.4 Å². The van der Waals surface area contributed by atoms with Crippen LogP contribution in [0.4, 0.5) is 0 Å². The molecule has 4 heterocycles. The van der Waals surface area contributed by atoms with Gasteiger partial charge in [0.1, 0.15) is 11.6 Å². The maximum absolute atomic E-state index is 6.11. The minimum atomic E-state index is 0.356. The molecule has 0 saturated heterocycles. The summed E-state index contributed by atoms with van der Waals surface area (Å²) in [5.41, 5.74) is 16.0. The molecule has 2 fully saturated rings. The number of aromatic nitrogens is 6. The van der Waals surface area contributed by atoms with E-state index in [0.29, 0.717) is 17.9 Å². The van der Waals surface area contributed by atoms with Gasteiger partial charge in [0.25, 0.3) is 0 Å². The molecule has 0 radical (unpaired) electrons. The maximum Gasteiger partial charge on any atom is 0.107 e. The van der Waals surface area contributed by atoms with Gasteiger partial charge in [0.15, 0.2) is 0 Å². The highest BCUT2D eigenvalue weighted by Crippen LogP contribution is 2.41. The summed E-state index contributed by atoms with van der Waals surface area (Å²) < 4.78 is 0. The van der Waals surface area contributed by atoms with E-state index in [1.807, 2.05) is 0 Å². The second kappa shape index (κ2) is 9.48. The Kier molecular flexibility index (Phi) is 5.71. The number of hydrogen-bond donors (Lipinski definition) is 3. The first-order valence-corrected chi connectivity index (χ1v) is 15.0. The number of imidazole rings is 2. The summed E-state index contributed by atoms with van der Waals surface area (Å²) in [5, 5.41) is 0. The van der Waals surface area contributed by atoms with Gasteiger partial charge in [0.2, 0.25) is 0 Å². The monoisotopic (exact) mass is 541 g/mol. The number of nitrogens with two attached hydrogens (primary N) is 1. The fraction of sp³-hybridized carbons (Fsp3) is 0.353. The molecule has 0 bridgehead atoms. The summed E-state index contributed by atoms with van der Waals surface area (Å²) in [5.74, 6) is 5.14. The number of fused-ring (bicyclic) bond motifs is 3. The van der Waals surface area contributed by atoms with Crippen molar-refractivity contribution in [3.63, 3.8) is 0 Å². The first-order valence-electron chi connectivity index (χ1n) is 15.0. The van der Waals surface area contributed by atoms with Gasteiger partial charge >= 0.3 is 0 Å². The normalized spacial score (nSPS) is 23.5. The second-order valence-corrected chi connectivity index (χ2v) is 12.4. The van der Waals surface area contributed by atoms with Gasteiger partial charge in [-0.15, -0.1) is 0 Å². The Bertz CT molecular complexity index is 1910. The van der Waals surface area contributed by atoms with Gasteiger partial charge in [-0.05, 0) is 91.5 Å². The van der Waals surface area contributed by atoms with Crippen LogP contribution < -0.4 is 5.73 Å². The Labute approximate surface area is 239 Å². The van der Waals surface area contributed by atoms with Crippen LogP contribution in [0.2, 0.25) is 0 Å². The van der Waals surface area contributed by atoms with Crippen molar-refractivity contribution in [3.8, 4) is 22.5 Å². The van der Waals surface area contributed by atoms with Crippen LogP contribution in [-0.2, 0) is 12.8 Å². The number of rotatable bonds is 8. The predicted octanol–water partition coefficient (Wildman–Crippen LogP) is 6.83. The van der Waals surface area contributed by atoms with E-state index in [1.165, 1.54) is 12.8 Å². The molecule has 41 heavy (non-hydrogen) atoms. The number of H-pyrrole nitrogens is 2. The van der Waals surface area contributed by atoms with Gasteiger partial charge < -0.3 is 15.7 Å². The summed E-state index contributed by atoms with van der Waals surface area (Å²) in [6.07, 6.45) is 5.63. The van der Waals surface area contributed by atoms with E-state index in [0.717, 1.165) is 98.4 Å². The van der Waals surface area contributed by atoms with Crippen LogP contribution in [0.3, 0.4) is 0 Å². The zero-order chi connectivity index (χ0) is 27.7. The van der Waals surface area contributed by atoms with Gasteiger partial charge in [-0.2, -0.15) is 0 Å². The lowest BCUT2D eigenvalue weighted by molar-refractivity contribution is 0.652. The van der Waals surface area contributed by atoms with Crippen LogP contribution in [-0.4, -0.2) is 35.9 Å². The van der Waals surface area contributed by atoms with Crippen LogP contribution in [0.15, 0.2) is 60.7 Å². The number of nitrogens with zero attached hydrogens (tertiary/aromatic N) is 4. The van der Waals surface area contributed by atoms with Crippen LogP contribution in [0.1, 0.15) is 44.8 Å². The van der Waals surface area contributed by atoms with Gasteiger partial charge in [-0.1, -0.05) is 26.0 Å². The molecule has 7 heteroatoms. The smallest absolute Gasteiger partial charge is 0.107 e. The molecule has 5 unspecified atom stereocenters. The summed E-state index contributed by atoms with van der Waals surface area (Å²) in [6, 6.07) is 21.3. The van der Waals surface area contributed by atoms with E-state index in [4.69, 9.17) is 25.7 Å². The number of aromatic amines is 2. The molecule has 2 aliphatic carbocycles. The fourth-order valence-corrected chi connectivity index (χ4v) is 6.47. The van der Waals surface area contributed by atoms with Crippen LogP contribution >= 0.6 is 0 Å². The quantitative estimate of drug-likeness (QED) is 0.196. The molecule has 6 aromatic rings. The number of benzene rings is 2. The molecule has 206 valence electrons. The Balaban J connectivity index is 1.01. The van der Waals surface area contributed by atoms with Crippen molar-refractivity contribution in [2.45, 2.75) is 52.0 Å². The van der Waals surface area contributed by atoms with E-state index in [-0.39, 0.29) is 0 Å². The van der Waals surface area contributed by atoms with Gasteiger partial charge in [-0.3, -0.25) is 0 Å². The molecule has 2 aromatic carbocycles. The van der Waals surface area contributed by atoms with Gasteiger partial charge in [0.05, 0.1) is 44.5 Å². The Morgan fingerprint density at radius 1 is 0.683 bits per heavy atom. The zero-order valence-corrected chi connectivity index (χ0v) is 23.6. The lowest BCUT2D eigenvalue weighted by atomic mass is 10.1. The van der Waals surface area contributed by atoms with E-state index in [1.54, 1.807) is 0 Å². The first-order chi connectivity index (χ1) is 20.0. The van der Waals surface area contributed by atoms with Crippen molar-refractivity contribution in [1.29, 1.82) is 0 Å². The Morgan fingerprint density at radius 2 is 1.17 bits per heavy atom. The third-order valence-corrected chi connectivity index (χ3v) is 9.57. The zero-order valence-electron chi connectivity index (χ0n) is 23.6. The highest BCUT2D eigenvalue weighted by atomic mass is 14.9. The van der Waals surface area contributed by atoms with Gasteiger partial charge in [-0.25, -0.2) is 19.9 Å². The van der Waals surface area contributed by atoms with Crippen LogP contribution in [0.5, 0.6) is 0 Å². The molecule has 8 rings (SSSR count). The average Bonchev–Trinajstić information content (AvgIpc) is 3.66. The SMILES string of the molecule is CC1CC1CCc1nc2ccc(-c3ccc4nc(-c5ccc6nc(CCC7C(C)C7N)[nH]c6c5)ccc4n3)cc2[nH]1. The summed E-state index contributed by atoms with van der Waals surface area (Å²) >= 11 is 0. The van der Waals surface area contributed by atoms with E-state index in [2.05, 4.69) is 84.5 Å². The van der Waals surface area contributed by atoms with E-state index >= 15 is 0 Å². The minimum absolute atomic E-state index is 0.356. The largest absolute Gasteiger partial charge is 0.342 e. The van der Waals surface area contributed by atoms with Gasteiger partial charge in [0, 0.05) is 30.0 Å². The number of aryl methyl sites for hydroxylation is 2. The van der Waals surface area contributed by atoms with E-state index in [9.17, 15) is 0 Å². The van der Waals surface area contributed by atoms with Crippen molar-refractivity contribution in [1.82, 2.24) is 29.9 Å². The Hall–Kier alpha value is -4.10. The third-order valence-electron chi connectivity index (χ3n) is 9.57. The van der Waals surface area contributed by atoms with Crippen LogP contribution in [0, 0.1) is 23.7 Å². The van der Waals surface area contributed by atoms with E-state index < -0.39 is 0 Å². The number of hydrogen-bond acceptors (Lipinski definition) is 5. The molecule has 0 spiro atoms. The lowest BCUT2D eigenvalue weighted by Gasteiger charge is -2.06. The standard InChI is InChI=1S/C34H35N7/c1-18-15-20(18)5-13-32-38-28-7-3-21(16-30(28)40-32)24-9-11-27-26(36-24)12-10-25(37-27)22-4-8-29-31(17-22)41-33(39-29)14-6-23-19(2)34(23)35/h3-4,7-12,16-20,23,34H,5-6,13-15,35H2,1-2H3,(H,38,40)(H,39,41). The number of nitrogens with one attached hydrogen (secondary N) is 2. The molecule has 4 N–H and O–H groups in total. The van der Waals surface area contributed by atoms with Crippen molar-refractivity contribution < 1.29 is 0 Å². The molecule has 0 aliphatic heterocycles. The lowest BCUT2D eigenvalue weighted by Crippen LogP contribution is -2.03. The Morgan fingerprint density at radius 3 is 1.66 bits per heavy atom. The fourth-order valence-electron chi connectivity index (χ4n) is 6.47. The van der Waals surface area contributed by atoms with Crippen LogP contribution in [0.25, 0.3) is 55.6 Å². The molecule has 7 nitrogen and oxygen atoms in total. The minimum Gasteiger partial charge on any atom is -0.342 e. The first kappa shape index (κ1) is 24.7. The van der Waals surface area contributed by atoms with Crippen molar-refractivity contribution in [3.05, 3.63) is 72.3 Å². The summed E-state index contributed by atoms with van der Waals surface area (Å²) in [6.45, 7) is 4.57. The molecule has 0 amide bonds. The molecule has 2 aliphatic rings. The van der Waals surface area contributed by atoms with Crippen molar-refractivity contribution in [2.75, 3.05) is 0 Å². The molecule has 2 saturated carbocycles. The third kappa shape index (κ3) is 4.68. The van der Waals surface area contributed by atoms with Crippen molar-refractivity contribution >= 4 is 33.1 Å². The number of pyridine rings is 2. The molecular weight excluding hydrogens is 506 g/mol. The molecule has 4 aromatic heterocycles. The molecule has 5 atom stereocenters. The summed E-state index contributed by atoms with van der Waals surface area (Å²) in [7, 11) is 0. The summed E-state index contributed by atoms with van der Waals surface area (Å²) in [4.78, 5) is 26.6. The predicted molar refractivity (Wildman–Crippen MR) is 164 cm³/mol.